The molecule has 3 rings (SSSR count). The Balaban J connectivity index is 1.58. The lowest BCUT2D eigenvalue weighted by atomic mass is 10.2. The summed E-state index contributed by atoms with van der Waals surface area (Å²) in [6.45, 7) is 1.26. The summed E-state index contributed by atoms with van der Waals surface area (Å²) >= 11 is 0. The Morgan fingerprint density at radius 1 is 0.931 bits per heavy atom. The molecule has 2 aromatic rings. The van der Waals surface area contributed by atoms with Gasteiger partial charge in [-0.25, -0.2) is 0 Å². The second kappa shape index (κ2) is 10.6. The summed E-state index contributed by atoms with van der Waals surface area (Å²) in [5, 5.41) is 6.68. The molecule has 0 aliphatic heterocycles. The zero-order valence-electron chi connectivity index (χ0n) is 17.5. The normalized spacial score (nSPS) is 14.5. The fourth-order valence-corrected chi connectivity index (χ4v) is 3.54. The molecule has 29 heavy (non-hydrogen) atoms. The highest BCUT2D eigenvalue weighted by atomic mass is 16.5. The minimum Gasteiger partial charge on any atom is -0.496 e. The van der Waals surface area contributed by atoms with Gasteiger partial charge in [0.1, 0.15) is 5.75 Å². The third kappa shape index (κ3) is 5.79. The Bertz CT molecular complexity index is 817. The first-order chi connectivity index (χ1) is 14.2. The van der Waals surface area contributed by atoms with Crippen LogP contribution >= 0.6 is 0 Å². The van der Waals surface area contributed by atoms with Gasteiger partial charge >= 0.3 is 0 Å². The van der Waals surface area contributed by atoms with Gasteiger partial charge in [-0.05, 0) is 49.4 Å². The van der Waals surface area contributed by atoms with Crippen molar-refractivity contribution in [1.29, 1.82) is 0 Å². The Labute approximate surface area is 173 Å². The second-order valence-electron chi connectivity index (χ2n) is 7.10. The molecule has 0 radical (unpaired) electrons. The number of guanidine groups is 1. The number of methoxy groups -OCH3 is 2. The standard InChI is InChI=1S/C23H31N3O3/c1-24-23(26-16-18-8-4-7-11-20(18)27-2)25-15-17-12-13-21(28-3)22(14-17)29-19-9-5-6-10-19/h4,7-8,11-14,19H,5-6,9-10,15-16H2,1-3H3,(H2,24,25,26). The van der Waals surface area contributed by atoms with Crippen molar-refractivity contribution in [1.82, 2.24) is 10.6 Å². The predicted octanol–water partition coefficient (Wildman–Crippen LogP) is 3.89. The van der Waals surface area contributed by atoms with Gasteiger partial charge in [0.25, 0.3) is 0 Å². The number of hydrogen-bond donors (Lipinski definition) is 2. The van der Waals surface area contributed by atoms with E-state index in [1.54, 1.807) is 21.3 Å². The first kappa shape index (κ1) is 20.8. The van der Waals surface area contributed by atoms with Crippen LogP contribution in [-0.4, -0.2) is 33.3 Å². The van der Waals surface area contributed by atoms with Gasteiger partial charge in [0.15, 0.2) is 17.5 Å². The first-order valence-electron chi connectivity index (χ1n) is 10.1. The van der Waals surface area contributed by atoms with Crippen molar-refractivity contribution < 1.29 is 14.2 Å². The molecular formula is C23H31N3O3. The lowest BCUT2D eigenvalue weighted by Crippen LogP contribution is -2.36. The number of rotatable bonds is 8. The Hall–Kier alpha value is -2.89. The zero-order valence-corrected chi connectivity index (χ0v) is 17.5. The largest absolute Gasteiger partial charge is 0.496 e. The van der Waals surface area contributed by atoms with Gasteiger partial charge < -0.3 is 24.8 Å². The molecule has 2 aromatic carbocycles. The zero-order chi connectivity index (χ0) is 20.5. The van der Waals surface area contributed by atoms with Crippen molar-refractivity contribution in [2.45, 2.75) is 44.9 Å². The van der Waals surface area contributed by atoms with Gasteiger partial charge in [-0.2, -0.15) is 0 Å². The van der Waals surface area contributed by atoms with Crippen LogP contribution in [-0.2, 0) is 13.1 Å². The summed E-state index contributed by atoms with van der Waals surface area (Å²) in [6.07, 6.45) is 5.00. The minimum absolute atomic E-state index is 0.294. The van der Waals surface area contributed by atoms with Crippen molar-refractivity contribution >= 4 is 5.96 Å². The Morgan fingerprint density at radius 2 is 1.66 bits per heavy atom. The summed E-state index contributed by atoms with van der Waals surface area (Å²) in [5.74, 6) is 3.18. The first-order valence-corrected chi connectivity index (χ1v) is 10.1. The van der Waals surface area contributed by atoms with Gasteiger partial charge in [-0.3, -0.25) is 4.99 Å². The number of para-hydroxylation sites is 1. The molecule has 1 saturated carbocycles. The summed E-state index contributed by atoms with van der Waals surface area (Å²) < 4.78 is 17.1. The van der Waals surface area contributed by atoms with Crippen LogP contribution in [0.3, 0.4) is 0 Å². The Morgan fingerprint density at radius 3 is 2.38 bits per heavy atom. The van der Waals surface area contributed by atoms with Crippen LogP contribution < -0.4 is 24.8 Å². The molecule has 0 heterocycles. The maximum absolute atomic E-state index is 6.19. The van der Waals surface area contributed by atoms with Crippen LogP contribution in [0.4, 0.5) is 0 Å². The van der Waals surface area contributed by atoms with Gasteiger partial charge in [-0.15, -0.1) is 0 Å². The van der Waals surface area contributed by atoms with E-state index >= 15 is 0 Å². The molecule has 0 atom stereocenters. The fraction of sp³-hybridized carbons (Fsp3) is 0.435. The molecule has 1 fully saturated rings. The fourth-order valence-electron chi connectivity index (χ4n) is 3.54. The third-order valence-electron chi connectivity index (χ3n) is 5.15. The lowest BCUT2D eigenvalue weighted by molar-refractivity contribution is 0.200. The van der Waals surface area contributed by atoms with Crippen molar-refractivity contribution in [3.63, 3.8) is 0 Å². The molecule has 0 amide bonds. The highest BCUT2D eigenvalue weighted by Crippen LogP contribution is 2.32. The predicted molar refractivity (Wildman–Crippen MR) is 116 cm³/mol. The van der Waals surface area contributed by atoms with Crippen LogP contribution in [0.2, 0.25) is 0 Å². The molecule has 1 aliphatic rings. The van der Waals surface area contributed by atoms with Crippen molar-refractivity contribution in [2.75, 3.05) is 21.3 Å². The summed E-state index contributed by atoms with van der Waals surface area (Å²) in [6, 6.07) is 14.0. The van der Waals surface area contributed by atoms with Gasteiger partial charge in [0.05, 0.1) is 20.3 Å². The maximum Gasteiger partial charge on any atom is 0.191 e. The quantitative estimate of drug-likeness (QED) is 0.523. The number of hydrogen-bond acceptors (Lipinski definition) is 4. The molecular weight excluding hydrogens is 366 g/mol. The molecule has 0 aromatic heterocycles. The van der Waals surface area contributed by atoms with E-state index in [0.29, 0.717) is 19.2 Å². The summed E-state index contributed by atoms with van der Waals surface area (Å²) in [5.41, 5.74) is 2.19. The number of benzene rings is 2. The number of aliphatic imine (C=N–C) groups is 1. The van der Waals surface area contributed by atoms with E-state index in [1.807, 2.05) is 36.4 Å². The van der Waals surface area contributed by atoms with E-state index in [0.717, 1.165) is 47.2 Å². The topological polar surface area (TPSA) is 64.1 Å². The molecule has 2 N–H and O–H groups in total. The highest BCUT2D eigenvalue weighted by Gasteiger charge is 2.18. The van der Waals surface area contributed by atoms with Gasteiger partial charge in [0, 0.05) is 25.7 Å². The average molecular weight is 398 g/mol. The smallest absolute Gasteiger partial charge is 0.191 e. The molecule has 0 bridgehead atoms. The SMILES string of the molecule is CN=C(NCc1ccc(OC)c(OC2CCCC2)c1)NCc1ccccc1OC. The summed E-state index contributed by atoms with van der Waals surface area (Å²) in [4.78, 5) is 4.31. The van der Waals surface area contributed by atoms with E-state index in [2.05, 4.69) is 21.7 Å². The highest BCUT2D eigenvalue weighted by molar-refractivity contribution is 5.79. The van der Waals surface area contributed by atoms with Crippen molar-refractivity contribution in [3.05, 3.63) is 53.6 Å². The molecule has 0 spiro atoms. The van der Waals surface area contributed by atoms with E-state index < -0.39 is 0 Å². The van der Waals surface area contributed by atoms with E-state index in [-0.39, 0.29) is 0 Å². The lowest BCUT2D eigenvalue weighted by Gasteiger charge is -2.18. The van der Waals surface area contributed by atoms with Gasteiger partial charge in [-0.1, -0.05) is 24.3 Å². The molecule has 1 aliphatic carbocycles. The van der Waals surface area contributed by atoms with Crippen LogP contribution in [0.15, 0.2) is 47.5 Å². The maximum atomic E-state index is 6.19. The molecule has 6 heteroatoms. The van der Waals surface area contributed by atoms with Crippen LogP contribution in [0.5, 0.6) is 17.2 Å². The second-order valence-corrected chi connectivity index (χ2v) is 7.10. The van der Waals surface area contributed by atoms with E-state index in [4.69, 9.17) is 14.2 Å². The van der Waals surface area contributed by atoms with Gasteiger partial charge in [0.2, 0.25) is 0 Å². The monoisotopic (exact) mass is 397 g/mol. The van der Waals surface area contributed by atoms with E-state index in [1.165, 1.54) is 12.8 Å². The molecule has 156 valence electrons. The van der Waals surface area contributed by atoms with Crippen molar-refractivity contribution in [3.8, 4) is 17.2 Å². The summed E-state index contributed by atoms with van der Waals surface area (Å²) in [7, 11) is 5.12. The molecule has 0 saturated heterocycles. The van der Waals surface area contributed by atoms with Crippen LogP contribution in [0.1, 0.15) is 36.8 Å². The molecule has 0 unspecified atom stereocenters. The van der Waals surface area contributed by atoms with Crippen molar-refractivity contribution in [2.24, 2.45) is 4.99 Å². The third-order valence-corrected chi connectivity index (χ3v) is 5.15. The number of nitrogens with one attached hydrogen (secondary N) is 2. The Kier molecular flexibility index (Phi) is 7.61. The number of ether oxygens (including phenoxy) is 3. The minimum atomic E-state index is 0.294. The number of nitrogens with zero attached hydrogens (tertiary/aromatic N) is 1. The molecule has 6 nitrogen and oxygen atoms in total. The van der Waals surface area contributed by atoms with E-state index in [9.17, 15) is 0 Å². The van der Waals surface area contributed by atoms with Crippen LogP contribution in [0, 0.1) is 0 Å². The van der Waals surface area contributed by atoms with Crippen LogP contribution in [0.25, 0.3) is 0 Å². The average Bonchev–Trinajstić information content (AvgIpc) is 3.27.